The smallest absolute Gasteiger partial charge is 0.259 e. The van der Waals surface area contributed by atoms with Crippen LogP contribution in [0, 0.1) is 18.6 Å². The third-order valence-corrected chi connectivity index (χ3v) is 6.87. The highest BCUT2D eigenvalue weighted by Crippen LogP contribution is 2.36. The van der Waals surface area contributed by atoms with Crippen LogP contribution in [0.15, 0.2) is 42.5 Å². The Bertz CT molecular complexity index is 1110. The van der Waals surface area contributed by atoms with E-state index >= 15 is 0 Å². The van der Waals surface area contributed by atoms with E-state index in [4.69, 9.17) is 4.74 Å². The van der Waals surface area contributed by atoms with E-state index in [2.05, 4.69) is 10.3 Å². The van der Waals surface area contributed by atoms with Gasteiger partial charge in [-0.3, -0.25) is 10.1 Å². The maximum absolute atomic E-state index is 13.4. The molecule has 1 aliphatic carbocycles. The number of benzene rings is 2. The molecule has 1 aliphatic rings. The van der Waals surface area contributed by atoms with Crippen LogP contribution < -0.4 is 5.32 Å². The third-order valence-electron chi connectivity index (χ3n) is 5.76. The fourth-order valence-corrected chi connectivity index (χ4v) is 5.10. The molecule has 5 nitrogen and oxygen atoms in total. The summed E-state index contributed by atoms with van der Waals surface area (Å²) >= 11 is 1.28. The topological polar surface area (TPSA) is 71.5 Å². The minimum atomic E-state index is -1.72. The number of rotatable bonds is 7. The molecule has 1 amide bonds. The van der Waals surface area contributed by atoms with E-state index in [-0.39, 0.29) is 5.56 Å². The molecule has 1 heterocycles. The minimum absolute atomic E-state index is 0.163. The zero-order valence-corrected chi connectivity index (χ0v) is 19.1. The molecule has 0 radical (unpaired) electrons. The fourth-order valence-electron chi connectivity index (χ4n) is 4.07. The van der Waals surface area contributed by atoms with Crippen molar-refractivity contribution in [2.45, 2.75) is 57.8 Å². The fraction of sp³-hybridized carbons (Fsp3) is 0.360. The SMILES string of the molecule is Cc1nc(NC(=O)[C@H](O)c2cc(F)cc(F)c2)sc1-c1ccccc1COC1CCCCC1. The summed E-state index contributed by atoms with van der Waals surface area (Å²) in [5, 5.41) is 13.1. The van der Waals surface area contributed by atoms with E-state index in [0.29, 0.717) is 23.9 Å². The molecule has 3 aromatic rings. The number of thiazole rings is 1. The van der Waals surface area contributed by atoms with Gasteiger partial charge in [0, 0.05) is 6.07 Å². The Hall–Kier alpha value is -2.68. The maximum atomic E-state index is 13.4. The van der Waals surface area contributed by atoms with Crippen LogP contribution >= 0.6 is 11.3 Å². The first-order valence-corrected chi connectivity index (χ1v) is 11.8. The van der Waals surface area contributed by atoms with Crippen molar-refractivity contribution in [3.63, 3.8) is 0 Å². The molecule has 1 saturated carbocycles. The van der Waals surface area contributed by atoms with Crippen molar-refractivity contribution >= 4 is 22.4 Å². The Labute approximate surface area is 195 Å². The van der Waals surface area contributed by atoms with E-state index in [1.54, 1.807) is 0 Å². The number of nitrogens with zero attached hydrogens (tertiary/aromatic N) is 1. The van der Waals surface area contributed by atoms with Crippen LogP contribution in [0.3, 0.4) is 0 Å². The van der Waals surface area contributed by atoms with Gasteiger partial charge in [0.15, 0.2) is 11.2 Å². The van der Waals surface area contributed by atoms with Crippen molar-refractivity contribution in [1.82, 2.24) is 4.98 Å². The highest BCUT2D eigenvalue weighted by Gasteiger charge is 2.22. The summed E-state index contributed by atoms with van der Waals surface area (Å²) < 4.78 is 33.0. The molecule has 0 saturated heterocycles. The molecule has 2 aromatic carbocycles. The highest BCUT2D eigenvalue weighted by molar-refractivity contribution is 7.19. The van der Waals surface area contributed by atoms with Gasteiger partial charge in [-0.1, -0.05) is 54.9 Å². The second-order valence-electron chi connectivity index (χ2n) is 8.26. The number of aromatic nitrogens is 1. The van der Waals surface area contributed by atoms with Crippen molar-refractivity contribution in [3.05, 3.63) is 70.9 Å². The number of amides is 1. The van der Waals surface area contributed by atoms with Crippen molar-refractivity contribution in [3.8, 4) is 10.4 Å². The van der Waals surface area contributed by atoms with Gasteiger partial charge in [-0.05, 0) is 48.6 Å². The summed E-state index contributed by atoms with van der Waals surface area (Å²) in [7, 11) is 0. The van der Waals surface area contributed by atoms with Gasteiger partial charge in [0.1, 0.15) is 11.6 Å². The van der Waals surface area contributed by atoms with Gasteiger partial charge in [0.25, 0.3) is 5.91 Å². The molecule has 4 rings (SSSR count). The number of hydrogen-bond donors (Lipinski definition) is 2. The van der Waals surface area contributed by atoms with Gasteiger partial charge in [0.05, 0.1) is 23.3 Å². The van der Waals surface area contributed by atoms with Gasteiger partial charge in [-0.25, -0.2) is 13.8 Å². The number of aryl methyl sites for hydroxylation is 1. The molecule has 8 heteroatoms. The Balaban J connectivity index is 1.48. The molecule has 1 fully saturated rings. The summed E-state index contributed by atoms with van der Waals surface area (Å²) in [5.74, 6) is -2.54. The minimum Gasteiger partial charge on any atom is -0.378 e. The maximum Gasteiger partial charge on any atom is 0.259 e. The molecule has 0 spiro atoms. The van der Waals surface area contributed by atoms with E-state index in [1.807, 2.05) is 31.2 Å². The normalized spacial score (nSPS) is 15.4. The number of aliphatic hydroxyl groups is 1. The number of carbonyl (C=O) groups is 1. The van der Waals surface area contributed by atoms with Crippen LogP contribution in [0.2, 0.25) is 0 Å². The van der Waals surface area contributed by atoms with Gasteiger partial charge < -0.3 is 9.84 Å². The first-order chi connectivity index (χ1) is 15.9. The lowest BCUT2D eigenvalue weighted by molar-refractivity contribution is -0.124. The molecule has 0 aliphatic heterocycles. The molecule has 0 bridgehead atoms. The van der Waals surface area contributed by atoms with Crippen LogP contribution in [-0.2, 0) is 16.1 Å². The molecular weight excluding hydrogens is 446 g/mol. The Morgan fingerprint density at radius 1 is 1.18 bits per heavy atom. The highest BCUT2D eigenvalue weighted by atomic mass is 32.1. The van der Waals surface area contributed by atoms with E-state index < -0.39 is 23.6 Å². The molecule has 1 atom stereocenters. The summed E-state index contributed by atoms with van der Waals surface area (Å²) in [4.78, 5) is 17.8. The quantitative estimate of drug-likeness (QED) is 0.448. The first kappa shape index (κ1) is 23.5. The summed E-state index contributed by atoms with van der Waals surface area (Å²) in [5.41, 5.74) is 2.59. The van der Waals surface area contributed by atoms with Crippen molar-refractivity contribution < 1.29 is 23.4 Å². The molecule has 0 unspecified atom stereocenters. The number of anilines is 1. The van der Waals surface area contributed by atoms with Gasteiger partial charge in [0.2, 0.25) is 0 Å². The third kappa shape index (κ3) is 5.82. The van der Waals surface area contributed by atoms with E-state index in [9.17, 15) is 18.7 Å². The average molecular weight is 473 g/mol. The standard InChI is InChI=1S/C25H26F2N2O3S/c1-15-23(21-10-6-5-7-16(21)14-32-20-8-3-2-4-9-20)33-25(28-15)29-24(31)22(30)17-11-18(26)13-19(27)12-17/h5-7,10-13,20,22,30H,2-4,8-9,14H2,1H3,(H,28,29,31)/t22-/m1/s1. The molecule has 174 valence electrons. The number of carbonyl (C=O) groups excluding carboxylic acids is 1. The Morgan fingerprint density at radius 2 is 1.88 bits per heavy atom. The summed E-state index contributed by atoms with van der Waals surface area (Å²) in [6, 6.07) is 10.5. The van der Waals surface area contributed by atoms with Crippen LogP contribution in [0.25, 0.3) is 10.4 Å². The average Bonchev–Trinajstić information content (AvgIpc) is 3.17. The number of hydrogen-bond acceptors (Lipinski definition) is 5. The zero-order valence-electron chi connectivity index (χ0n) is 18.3. The van der Waals surface area contributed by atoms with Gasteiger partial charge in [-0.15, -0.1) is 0 Å². The number of aliphatic hydroxyl groups excluding tert-OH is 1. The molecular formula is C25H26F2N2O3S. The predicted molar refractivity (Wildman–Crippen MR) is 124 cm³/mol. The lowest BCUT2D eigenvalue weighted by atomic mass is 9.97. The molecule has 33 heavy (non-hydrogen) atoms. The lowest BCUT2D eigenvalue weighted by Crippen LogP contribution is -2.21. The van der Waals surface area contributed by atoms with Gasteiger partial charge >= 0.3 is 0 Å². The monoisotopic (exact) mass is 472 g/mol. The van der Waals surface area contributed by atoms with Crippen LogP contribution in [0.1, 0.15) is 55.0 Å². The van der Waals surface area contributed by atoms with Crippen molar-refractivity contribution in [2.24, 2.45) is 0 Å². The predicted octanol–water partition coefficient (Wildman–Crippen LogP) is 5.92. The first-order valence-electron chi connectivity index (χ1n) is 11.0. The van der Waals surface area contributed by atoms with Crippen LogP contribution in [-0.4, -0.2) is 22.1 Å². The largest absolute Gasteiger partial charge is 0.378 e. The molecule has 2 N–H and O–H groups in total. The second kappa shape index (κ2) is 10.5. The summed E-state index contributed by atoms with van der Waals surface area (Å²) in [6.07, 6.45) is 4.44. The van der Waals surface area contributed by atoms with Gasteiger partial charge in [-0.2, -0.15) is 0 Å². The van der Waals surface area contributed by atoms with Crippen molar-refractivity contribution in [1.29, 1.82) is 0 Å². The Morgan fingerprint density at radius 3 is 2.61 bits per heavy atom. The number of halogens is 2. The van der Waals surface area contributed by atoms with Crippen molar-refractivity contribution in [2.75, 3.05) is 5.32 Å². The van der Waals surface area contributed by atoms with E-state index in [1.165, 1.54) is 30.6 Å². The van der Waals surface area contributed by atoms with Crippen LogP contribution in [0.5, 0.6) is 0 Å². The second-order valence-corrected chi connectivity index (χ2v) is 9.26. The molecule has 1 aromatic heterocycles. The number of nitrogens with one attached hydrogen (secondary N) is 1. The van der Waals surface area contributed by atoms with Crippen LogP contribution in [0.4, 0.5) is 13.9 Å². The number of ether oxygens (including phenoxy) is 1. The Kier molecular flexibility index (Phi) is 7.47. The lowest BCUT2D eigenvalue weighted by Gasteiger charge is -2.22. The summed E-state index contributed by atoms with van der Waals surface area (Å²) in [6.45, 7) is 2.35. The zero-order chi connectivity index (χ0) is 23.4. The van der Waals surface area contributed by atoms with E-state index in [0.717, 1.165) is 46.7 Å².